The van der Waals surface area contributed by atoms with Gasteiger partial charge in [-0.3, -0.25) is 0 Å². The Labute approximate surface area is 97.8 Å². The Bertz CT molecular complexity index is 329. The summed E-state index contributed by atoms with van der Waals surface area (Å²) in [7, 11) is 0. The smallest absolute Gasteiger partial charge is 0.0605 e. The van der Waals surface area contributed by atoms with Crippen molar-refractivity contribution in [1.82, 2.24) is 0 Å². The van der Waals surface area contributed by atoms with E-state index in [4.69, 9.17) is 0 Å². The summed E-state index contributed by atoms with van der Waals surface area (Å²) in [6, 6.07) is 10.4. The molecule has 16 heavy (non-hydrogen) atoms. The van der Waals surface area contributed by atoms with E-state index in [1.54, 1.807) is 0 Å². The van der Waals surface area contributed by atoms with Gasteiger partial charge in [0.15, 0.2) is 0 Å². The van der Waals surface area contributed by atoms with Crippen LogP contribution in [0.25, 0.3) is 0 Å². The van der Waals surface area contributed by atoms with E-state index >= 15 is 0 Å². The number of rotatable bonds is 4. The van der Waals surface area contributed by atoms with Crippen molar-refractivity contribution in [2.45, 2.75) is 38.2 Å². The van der Waals surface area contributed by atoms with E-state index in [1.165, 1.54) is 18.4 Å². The van der Waals surface area contributed by atoms with Gasteiger partial charge in [0, 0.05) is 5.92 Å². The summed E-state index contributed by atoms with van der Waals surface area (Å²) in [5.74, 6) is 0.387. The van der Waals surface area contributed by atoms with E-state index in [2.05, 4.69) is 36.4 Å². The predicted molar refractivity (Wildman–Crippen MR) is 67.3 cm³/mol. The molecule has 0 saturated heterocycles. The van der Waals surface area contributed by atoms with Gasteiger partial charge in [-0.2, -0.15) is 0 Å². The predicted octanol–water partition coefficient (Wildman–Crippen LogP) is 3.34. The molecule has 1 aromatic carbocycles. The number of aliphatic hydroxyl groups is 1. The summed E-state index contributed by atoms with van der Waals surface area (Å²) >= 11 is 0. The van der Waals surface area contributed by atoms with Crippen LogP contribution in [0.4, 0.5) is 0 Å². The minimum Gasteiger partial charge on any atom is -0.393 e. The molecule has 1 aliphatic carbocycles. The van der Waals surface area contributed by atoms with E-state index < -0.39 is 0 Å². The van der Waals surface area contributed by atoms with Gasteiger partial charge in [0.25, 0.3) is 0 Å². The lowest BCUT2D eigenvalue weighted by atomic mass is 9.88. The Kier molecular flexibility index (Phi) is 4.17. The van der Waals surface area contributed by atoms with Gasteiger partial charge < -0.3 is 5.11 Å². The van der Waals surface area contributed by atoms with Crippen LogP contribution in [0.5, 0.6) is 0 Å². The van der Waals surface area contributed by atoms with Crippen LogP contribution < -0.4 is 0 Å². The van der Waals surface area contributed by atoms with Crippen molar-refractivity contribution in [2.75, 3.05) is 0 Å². The van der Waals surface area contributed by atoms with Crippen LogP contribution in [-0.2, 0) is 6.42 Å². The first kappa shape index (κ1) is 11.4. The Morgan fingerprint density at radius 2 is 2.06 bits per heavy atom. The van der Waals surface area contributed by atoms with Gasteiger partial charge in [-0.15, -0.1) is 0 Å². The summed E-state index contributed by atoms with van der Waals surface area (Å²) in [4.78, 5) is 0. The summed E-state index contributed by atoms with van der Waals surface area (Å²) in [5.41, 5.74) is 1.32. The number of hydrogen-bond donors (Lipinski definition) is 1. The fourth-order valence-electron chi connectivity index (χ4n) is 2.33. The molecule has 86 valence electrons. The van der Waals surface area contributed by atoms with Crippen LogP contribution in [0.2, 0.25) is 0 Å². The Balaban J connectivity index is 1.81. The van der Waals surface area contributed by atoms with Crippen molar-refractivity contribution < 1.29 is 5.11 Å². The van der Waals surface area contributed by atoms with Gasteiger partial charge in [-0.25, -0.2) is 0 Å². The maximum Gasteiger partial charge on any atom is 0.0605 e. The topological polar surface area (TPSA) is 20.2 Å². The highest BCUT2D eigenvalue weighted by Crippen LogP contribution is 2.23. The average molecular weight is 216 g/mol. The highest BCUT2D eigenvalue weighted by Gasteiger charge is 2.17. The van der Waals surface area contributed by atoms with Gasteiger partial charge in [0.2, 0.25) is 0 Å². The first-order chi connectivity index (χ1) is 7.86. The van der Waals surface area contributed by atoms with Gasteiger partial charge in [-0.1, -0.05) is 42.5 Å². The van der Waals surface area contributed by atoms with Crippen molar-refractivity contribution in [3.63, 3.8) is 0 Å². The van der Waals surface area contributed by atoms with Crippen LogP contribution in [0.15, 0.2) is 42.5 Å². The normalized spacial score (nSPS) is 21.9. The summed E-state index contributed by atoms with van der Waals surface area (Å²) in [6.07, 6.45) is 9.64. The molecule has 2 rings (SSSR count). The zero-order valence-corrected chi connectivity index (χ0v) is 9.68. The maximum absolute atomic E-state index is 10.1. The molecule has 1 aliphatic rings. The Morgan fingerprint density at radius 3 is 2.75 bits per heavy atom. The Morgan fingerprint density at radius 1 is 1.25 bits per heavy atom. The molecule has 2 atom stereocenters. The summed E-state index contributed by atoms with van der Waals surface area (Å²) < 4.78 is 0. The van der Waals surface area contributed by atoms with Gasteiger partial charge in [-0.05, 0) is 37.7 Å². The monoisotopic (exact) mass is 216 g/mol. The molecule has 0 saturated carbocycles. The van der Waals surface area contributed by atoms with Crippen molar-refractivity contribution in [2.24, 2.45) is 5.92 Å². The average Bonchev–Trinajstić information content (AvgIpc) is 2.38. The van der Waals surface area contributed by atoms with Crippen molar-refractivity contribution in [1.29, 1.82) is 0 Å². The maximum atomic E-state index is 10.1. The number of aliphatic hydroxyl groups excluding tert-OH is 1. The third kappa shape index (κ3) is 3.21. The summed E-state index contributed by atoms with van der Waals surface area (Å²) in [5, 5.41) is 10.1. The molecule has 0 spiro atoms. The highest BCUT2D eigenvalue weighted by molar-refractivity contribution is 5.14. The molecule has 1 aromatic rings. The molecule has 1 heteroatoms. The van der Waals surface area contributed by atoms with E-state index in [9.17, 15) is 5.11 Å². The van der Waals surface area contributed by atoms with Gasteiger partial charge in [0.05, 0.1) is 6.10 Å². The zero-order valence-electron chi connectivity index (χ0n) is 9.68. The largest absolute Gasteiger partial charge is 0.393 e. The molecule has 0 fully saturated rings. The quantitative estimate of drug-likeness (QED) is 0.765. The van der Waals surface area contributed by atoms with Crippen molar-refractivity contribution in [3.05, 3.63) is 48.0 Å². The molecule has 0 heterocycles. The minimum absolute atomic E-state index is 0.170. The number of allylic oxidation sites excluding steroid dienone is 1. The van der Waals surface area contributed by atoms with Gasteiger partial charge in [0.1, 0.15) is 0 Å². The van der Waals surface area contributed by atoms with E-state index in [-0.39, 0.29) is 6.10 Å². The molecular formula is C15H20O. The van der Waals surface area contributed by atoms with Crippen molar-refractivity contribution in [3.8, 4) is 0 Å². The van der Waals surface area contributed by atoms with Crippen LogP contribution >= 0.6 is 0 Å². The van der Waals surface area contributed by atoms with E-state index in [0.29, 0.717) is 5.92 Å². The fraction of sp³-hybridized carbons (Fsp3) is 0.467. The molecular weight excluding hydrogens is 196 g/mol. The van der Waals surface area contributed by atoms with Crippen LogP contribution in [0, 0.1) is 5.92 Å². The second-order valence-electron chi connectivity index (χ2n) is 4.61. The minimum atomic E-state index is -0.170. The highest BCUT2D eigenvalue weighted by atomic mass is 16.3. The Hall–Kier alpha value is -1.08. The second-order valence-corrected chi connectivity index (χ2v) is 4.61. The van der Waals surface area contributed by atoms with Crippen LogP contribution in [0.1, 0.15) is 31.2 Å². The van der Waals surface area contributed by atoms with Crippen LogP contribution in [0.3, 0.4) is 0 Å². The lowest BCUT2D eigenvalue weighted by molar-refractivity contribution is 0.113. The van der Waals surface area contributed by atoms with Gasteiger partial charge >= 0.3 is 0 Å². The molecule has 1 N–H and O–H groups in total. The number of benzene rings is 1. The summed E-state index contributed by atoms with van der Waals surface area (Å²) in [6.45, 7) is 0. The number of hydrogen-bond acceptors (Lipinski definition) is 1. The molecule has 0 aliphatic heterocycles. The lowest BCUT2D eigenvalue weighted by Gasteiger charge is -2.22. The second kappa shape index (κ2) is 5.86. The van der Waals surface area contributed by atoms with E-state index in [1.807, 2.05) is 6.07 Å². The third-order valence-corrected chi connectivity index (χ3v) is 3.36. The standard InChI is InChI=1S/C15H20O/c16-15(14-9-5-2-6-10-14)12-11-13-7-3-1-4-8-13/h1,3-5,7-9,14-16H,2,6,10-12H2/t14-,15+/m0/s1. The molecule has 0 unspecified atom stereocenters. The van der Waals surface area contributed by atoms with E-state index in [0.717, 1.165) is 19.3 Å². The first-order valence-electron chi connectivity index (χ1n) is 6.25. The fourth-order valence-corrected chi connectivity index (χ4v) is 2.33. The van der Waals surface area contributed by atoms with Crippen LogP contribution in [-0.4, -0.2) is 11.2 Å². The number of aryl methyl sites for hydroxylation is 1. The zero-order chi connectivity index (χ0) is 11.2. The molecule has 0 amide bonds. The molecule has 0 aromatic heterocycles. The van der Waals surface area contributed by atoms with Crippen molar-refractivity contribution >= 4 is 0 Å². The third-order valence-electron chi connectivity index (χ3n) is 3.36. The molecule has 0 bridgehead atoms. The lowest BCUT2D eigenvalue weighted by Crippen LogP contribution is -2.20. The molecule has 1 nitrogen and oxygen atoms in total. The first-order valence-corrected chi connectivity index (χ1v) is 6.25. The molecule has 0 radical (unpaired) electrons. The SMILES string of the molecule is O[C@H](CCc1ccccc1)[C@H]1C=CCCC1.